The molecule has 2 aromatic carbocycles. The maximum atomic E-state index is 12.5. The highest BCUT2D eigenvalue weighted by Crippen LogP contribution is 2.39. The summed E-state index contributed by atoms with van der Waals surface area (Å²) >= 11 is 0. The molecule has 146 valence electrons. The number of hydrogen-bond acceptors (Lipinski definition) is 5. The number of benzene rings is 2. The van der Waals surface area contributed by atoms with Gasteiger partial charge in [-0.1, -0.05) is 36.8 Å². The highest BCUT2D eigenvalue weighted by atomic mass is 16.5. The molecule has 6 heteroatoms. The number of nitrogens with zero attached hydrogens (tertiary/aromatic N) is 1. The van der Waals surface area contributed by atoms with Crippen LogP contribution in [-0.2, 0) is 11.3 Å². The zero-order chi connectivity index (χ0) is 19.8. The number of hydrogen-bond donors (Lipinski definition) is 1. The Kier molecular flexibility index (Phi) is 7.49. The van der Waals surface area contributed by atoms with Gasteiger partial charge in [0, 0.05) is 24.4 Å². The first-order valence-electron chi connectivity index (χ1n) is 8.88. The molecule has 0 bridgehead atoms. The molecule has 27 heavy (non-hydrogen) atoms. The Morgan fingerprint density at radius 3 is 2.22 bits per heavy atom. The number of likely N-dealkylation sites (N-methyl/N-ethyl adjacent to an activating group) is 1. The molecule has 1 amide bonds. The second-order valence-corrected chi connectivity index (χ2v) is 6.25. The quantitative estimate of drug-likeness (QED) is 0.730. The molecule has 2 aromatic rings. The van der Waals surface area contributed by atoms with Gasteiger partial charge in [-0.05, 0) is 19.0 Å². The van der Waals surface area contributed by atoms with Gasteiger partial charge in [-0.25, -0.2) is 0 Å². The molecule has 2 rings (SSSR count). The number of amides is 1. The molecule has 0 heterocycles. The summed E-state index contributed by atoms with van der Waals surface area (Å²) in [5.41, 5.74) is 3.00. The van der Waals surface area contributed by atoms with Crippen LogP contribution >= 0.6 is 0 Å². The van der Waals surface area contributed by atoms with E-state index in [0.29, 0.717) is 29.5 Å². The first-order chi connectivity index (χ1) is 13.0. The number of methoxy groups -OCH3 is 3. The zero-order valence-corrected chi connectivity index (χ0v) is 16.7. The van der Waals surface area contributed by atoms with Gasteiger partial charge in [0.25, 0.3) is 0 Å². The fourth-order valence-corrected chi connectivity index (χ4v) is 2.91. The normalized spacial score (nSPS) is 10.6. The van der Waals surface area contributed by atoms with Crippen molar-refractivity contribution < 1.29 is 19.0 Å². The van der Waals surface area contributed by atoms with E-state index < -0.39 is 0 Å². The standard InChI is InChI=1S/C21H28N2O4/c1-6-23(13-16-9-7-8-15(2)10-16)14-20(24)22-17-11-18(25-3)21(27-5)19(12-17)26-4/h7-12H,6,13-14H2,1-5H3,(H,22,24). The van der Waals surface area contributed by atoms with Gasteiger partial charge in [0.1, 0.15) is 0 Å². The molecule has 0 spiro atoms. The van der Waals surface area contributed by atoms with Crippen LogP contribution in [-0.4, -0.2) is 45.2 Å². The van der Waals surface area contributed by atoms with Gasteiger partial charge >= 0.3 is 0 Å². The van der Waals surface area contributed by atoms with E-state index in [0.717, 1.165) is 13.1 Å². The van der Waals surface area contributed by atoms with Gasteiger partial charge in [-0.2, -0.15) is 0 Å². The molecular formula is C21H28N2O4. The van der Waals surface area contributed by atoms with Crippen molar-refractivity contribution in [3.63, 3.8) is 0 Å². The summed E-state index contributed by atoms with van der Waals surface area (Å²) in [6.07, 6.45) is 0. The highest BCUT2D eigenvalue weighted by Gasteiger charge is 2.16. The number of ether oxygens (including phenoxy) is 3. The minimum Gasteiger partial charge on any atom is -0.493 e. The Labute approximate surface area is 161 Å². The van der Waals surface area contributed by atoms with E-state index in [1.165, 1.54) is 11.1 Å². The Bertz CT molecular complexity index is 752. The Balaban J connectivity index is 2.07. The van der Waals surface area contributed by atoms with Crippen molar-refractivity contribution in [2.45, 2.75) is 20.4 Å². The van der Waals surface area contributed by atoms with Crippen molar-refractivity contribution in [1.29, 1.82) is 0 Å². The molecule has 0 saturated heterocycles. The van der Waals surface area contributed by atoms with Crippen LogP contribution in [0.1, 0.15) is 18.1 Å². The first-order valence-corrected chi connectivity index (χ1v) is 8.88. The molecule has 0 unspecified atom stereocenters. The zero-order valence-electron chi connectivity index (χ0n) is 16.7. The molecule has 0 aromatic heterocycles. The molecule has 0 atom stereocenters. The summed E-state index contributed by atoms with van der Waals surface area (Å²) in [6.45, 7) is 5.90. The van der Waals surface area contributed by atoms with Crippen molar-refractivity contribution >= 4 is 11.6 Å². The van der Waals surface area contributed by atoms with Gasteiger partial charge in [0.15, 0.2) is 11.5 Å². The lowest BCUT2D eigenvalue weighted by molar-refractivity contribution is -0.117. The molecule has 6 nitrogen and oxygen atoms in total. The average molecular weight is 372 g/mol. The maximum Gasteiger partial charge on any atom is 0.238 e. The molecular weight excluding hydrogens is 344 g/mol. The first kappa shape index (κ1) is 20.6. The third kappa shape index (κ3) is 5.62. The summed E-state index contributed by atoms with van der Waals surface area (Å²) in [7, 11) is 4.64. The average Bonchev–Trinajstić information content (AvgIpc) is 2.66. The fourth-order valence-electron chi connectivity index (χ4n) is 2.91. The predicted molar refractivity (Wildman–Crippen MR) is 107 cm³/mol. The second kappa shape index (κ2) is 9.83. The van der Waals surface area contributed by atoms with Crippen LogP contribution in [0, 0.1) is 6.92 Å². The molecule has 1 N–H and O–H groups in total. The fraction of sp³-hybridized carbons (Fsp3) is 0.381. The minimum atomic E-state index is -0.0984. The summed E-state index contributed by atoms with van der Waals surface area (Å²) < 4.78 is 16.0. The lowest BCUT2D eigenvalue weighted by atomic mass is 10.1. The predicted octanol–water partition coefficient (Wildman–Crippen LogP) is 3.48. The summed E-state index contributed by atoms with van der Waals surface area (Å²) in [5.74, 6) is 1.39. The van der Waals surface area contributed by atoms with Crippen LogP contribution < -0.4 is 19.5 Å². The molecule has 0 fully saturated rings. The third-order valence-electron chi connectivity index (χ3n) is 4.25. The van der Waals surface area contributed by atoms with E-state index in [4.69, 9.17) is 14.2 Å². The maximum absolute atomic E-state index is 12.5. The van der Waals surface area contributed by atoms with E-state index in [9.17, 15) is 4.79 Å². The van der Waals surface area contributed by atoms with Crippen LogP contribution in [0.15, 0.2) is 36.4 Å². The smallest absolute Gasteiger partial charge is 0.238 e. The van der Waals surface area contributed by atoms with Crippen molar-refractivity contribution in [2.24, 2.45) is 0 Å². The van der Waals surface area contributed by atoms with E-state index in [1.54, 1.807) is 33.5 Å². The van der Waals surface area contributed by atoms with Crippen molar-refractivity contribution in [1.82, 2.24) is 4.90 Å². The Morgan fingerprint density at radius 1 is 1.04 bits per heavy atom. The van der Waals surface area contributed by atoms with Crippen LogP contribution in [0.3, 0.4) is 0 Å². The number of anilines is 1. The topological polar surface area (TPSA) is 60.0 Å². The lowest BCUT2D eigenvalue weighted by Gasteiger charge is -2.20. The van der Waals surface area contributed by atoms with Crippen LogP contribution in [0.2, 0.25) is 0 Å². The van der Waals surface area contributed by atoms with Crippen LogP contribution in [0.4, 0.5) is 5.69 Å². The van der Waals surface area contributed by atoms with E-state index in [1.807, 2.05) is 13.0 Å². The van der Waals surface area contributed by atoms with Crippen LogP contribution in [0.25, 0.3) is 0 Å². The van der Waals surface area contributed by atoms with Gasteiger partial charge in [0.05, 0.1) is 27.9 Å². The number of aryl methyl sites for hydroxylation is 1. The monoisotopic (exact) mass is 372 g/mol. The van der Waals surface area contributed by atoms with E-state index >= 15 is 0 Å². The summed E-state index contributed by atoms with van der Waals surface area (Å²) in [6, 6.07) is 11.8. The SMILES string of the molecule is CCN(CC(=O)Nc1cc(OC)c(OC)c(OC)c1)Cc1cccc(C)c1. The summed E-state index contributed by atoms with van der Waals surface area (Å²) in [4.78, 5) is 14.6. The lowest BCUT2D eigenvalue weighted by Crippen LogP contribution is -2.32. The van der Waals surface area contributed by atoms with Crippen molar-refractivity contribution in [2.75, 3.05) is 39.7 Å². The van der Waals surface area contributed by atoms with E-state index in [-0.39, 0.29) is 5.91 Å². The Hall–Kier alpha value is -2.73. The van der Waals surface area contributed by atoms with Gasteiger partial charge in [-0.3, -0.25) is 9.69 Å². The van der Waals surface area contributed by atoms with E-state index in [2.05, 4.69) is 35.3 Å². The number of rotatable bonds is 9. The number of carbonyl (C=O) groups is 1. The molecule has 0 aliphatic heterocycles. The molecule has 0 radical (unpaired) electrons. The minimum absolute atomic E-state index is 0.0984. The summed E-state index contributed by atoms with van der Waals surface area (Å²) in [5, 5.41) is 2.91. The highest BCUT2D eigenvalue weighted by molar-refractivity contribution is 5.93. The van der Waals surface area contributed by atoms with Crippen molar-refractivity contribution in [3.8, 4) is 17.2 Å². The Morgan fingerprint density at radius 2 is 1.70 bits per heavy atom. The second-order valence-electron chi connectivity index (χ2n) is 6.25. The number of nitrogens with one attached hydrogen (secondary N) is 1. The molecule has 0 aliphatic carbocycles. The largest absolute Gasteiger partial charge is 0.493 e. The van der Waals surface area contributed by atoms with Gasteiger partial charge in [-0.15, -0.1) is 0 Å². The van der Waals surface area contributed by atoms with Crippen molar-refractivity contribution in [3.05, 3.63) is 47.5 Å². The number of carbonyl (C=O) groups excluding carboxylic acids is 1. The molecule has 0 aliphatic rings. The van der Waals surface area contributed by atoms with Gasteiger partial charge < -0.3 is 19.5 Å². The molecule has 0 saturated carbocycles. The third-order valence-corrected chi connectivity index (χ3v) is 4.25. The van der Waals surface area contributed by atoms with Gasteiger partial charge in [0.2, 0.25) is 11.7 Å². The van der Waals surface area contributed by atoms with Crippen LogP contribution in [0.5, 0.6) is 17.2 Å².